The van der Waals surface area contributed by atoms with E-state index in [4.69, 9.17) is 17.2 Å². The number of carbonyl (C=O) groups excluding carboxylic acids is 3. The van der Waals surface area contributed by atoms with Gasteiger partial charge < -0.3 is 38.3 Å². The van der Waals surface area contributed by atoms with Gasteiger partial charge in [-0.15, -0.1) is 0 Å². The van der Waals surface area contributed by atoms with Crippen LogP contribution in [0.5, 0.6) is 0 Å². The first-order valence-corrected chi connectivity index (χ1v) is 12.4. The van der Waals surface area contributed by atoms with Crippen molar-refractivity contribution in [2.24, 2.45) is 17.2 Å². The van der Waals surface area contributed by atoms with Crippen LogP contribution in [-0.2, 0) is 25.6 Å². The molecule has 36 heavy (non-hydrogen) atoms. The Kier molecular flexibility index (Phi) is 13.7. The molecule has 3 amide bonds. The summed E-state index contributed by atoms with van der Waals surface area (Å²) in [5.74, 6) is -2.86. The number of hydrogen-bond donors (Lipinski definition) is 7. The minimum absolute atomic E-state index is 0.138. The van der Waals surface area contributed by atoms with Crippen molar-refractivity contribution in [3.05, 3.63) is 35.9 Å². The van der Waals surface area contributed by atoms with Crippen LogP contribution in [0, 0.1) is 0 Å². The van der Waals surface area contributed by atoms with Crippen LogP contribution in [0.1, 0.15) is 57.9 Å². The van der Waals surface area contributed by atoms with Crippen molar-refractivity contribution in [1.82, 2.24) is 16.0 Å². The average molecular weight is 507 g/mol. The Labute approximate surface area is 212 Å². The monoisotopic (exact) mass is 506 g/mol. The van der Waals surface area contributed by atoms with E-state index < -0.39 is 47.4 Å². The minimum Gasteiger partial charge on any atom is -0.480 e. The summed E-state index contributed by atoms with van der Waals surface area (Å²) in [5.41, 5.74) is 16.5. The predicted molar refractivity (Wildman–Crippen MR) is 138 cm³/mol. The quantitative estimate of drug-likeness (QED) is 0.140. The van der Waals surface area contributed by atoms with Crippen molar-refractivity contribution in [2.75, 3.05) is 13.1 Å². The van der Waals surface area contributed by atoms with Gasteiger partial charge in [-0.2, -0.15) is 0 Å². The third kappa shape index (κ3) is 11.6. The number of nitrogens with two attached hydrogens (primary N) is 3. The van der Waals surface area contributed by atoms with Crippen LogP contribution in [-0.4, -0.2) is 65.6 Å². The molecule has 1 aromatic carbocycles. The lowest BCUT2D eigenvalue weighted by atomic mass is 10.0. The Bertz CT molecular complexity index is 843. The van der Waals surface area contributed by atoms with E-state index in [1.54, 1.807) is 24.3 Å². The lowest BCUT2D eigenvalue weighted by Crippen LogP contribution is -2.59. The van der Waals surface area contributed by atoms with E-state index in [9.17, 15) is 24.3 Å². The molecule has 0 saturated carbocycles. The topological polar surface area (TPSA) is 203 Å². The molecule has 0 spiro atoms. The van der Waals surface area contributed by atoms with Crippen LogP contribution in [0.15, 0.2) is 30.3 Å². The Morgan fingerprint density at radius 2 is 1.31 bits per heavy atom. The molecule has 0 aromatic heterocycles. The van der Waals surface area contributed by atoms with Crippen LogP contribution in [0.3, 0.4) is 0 Å². The second-order valence-corrected chi connectivity index (χ2v) is 9.47. The Morgan fingerprint density at radius 1 is 0.806 bits per heavy atom. The van der Waals surface area contributed by atoms with Gasteiger partial charge in [0.2, 0.25) is 17.7 Å². The summed E-state index contributed by atoms with van der Waals surface area (Å²) in [7, 11) is 0. The van der Waals surface area contributed by atoms with E-state index in [-0.39, 0.29) is 12.8 Å². The number of unbranched alkanes of at least 4 members (excludes halogenated alkanes) is 2. The van der Waals surface area contributed by atoms with Crippen LogP contribution < -0.4 is 33.2 Å². The van der Waals surface area contributed by atoms with E-state index in [0.717, 1.165) is 5.56 Å². The second kappa shape index (κ2) is 15.9. The van der Waals surface area contributed by atoms with Crippen molar-refractivity contribution < 1.29 is 24.3 Å². The number of hydrogen-bond acceptors (Lipinski definition) is 7. The highest BCUT2D eigenvalue weighted by Crippen LogP contribution is 2.09. The second-order valence-electron chi connectivity index (χ2n) is 9.47. The summed E-state index contributed by atoms with van der Waals surface area (Å²) in [4.78, 5) is 50.6. The molecule has 3 atom stereocenters. The maximum absolute atomic E-state index is 13.2. The van der Waals surface area contributed by atoms with Gasteiger partial charge in [-0.1, -0.05) is 30.3 Å². The van der Waals surface area contributed by atoms with Crippen molar-refractivity contribution in [3.63, 3.8) is 0 Å². The van der Waals surface area contributed by atoms with Gasteiger partial charge in [-0.05, 0) is 71.0 Å². The number of benzene rings is 1. The molecule has 0 fully saturated rings. The fraction of sp³-hybridized carbons (Fsp3) is 0.600. The molecule has 0 aliphatic heterocycles. The Hall–Kier alpha value is -3.02. The first-order chi connectivity index (χ1) is 17.0. The first-order valence-electron chi connectivity index (χ1n) is 12.4. The summed E-state index contributed by atoms with van der Waals surface area (Å²) < 4.78 is 0. The van der Waals surface area contributed by atoms with Crippen molar-refractivity contribution in [2.45, 2.75) is 82.5 Å². The molecule has 0 saturated heterocycles. The Morgan fingerprint density at radius 3 is 1.81 bits per heavy atom. The van der Waals surface area contributed by atoms with Gasteiger partial charge in [-0.25, -0.2) is 4.79 Å². The molecule has 1 rings (SSSR count). The molecule has 202 valence electrons. The molecule has 11 nitrogen and oxygen atoms in total. The van der Waals surface area contributed by atoms with Gasteiger partial charge in [0.15, 0.2) is 0 Å². The van der Waals surface area contributed by atoms with Gasteiger partial charge in [0, 0.05) is 6.42 Å². The molecule has 0 radical (unpaired) electrons. The van der Waals surface area contributed by atoms with E-state index >= 15 is 0 Å². The number of carboxylic acid groups (broad SMARTS) is 1. The molecular weight excluding hydrogens is 464 g/mol. The number of carbonyl (C=O) groups is 4. The molecule has 0 aliphatic rings. The third-order valence-electron chi connectivity index (χ3n) is 5.63. The maximum Gasteiger partial charge on any atom is 0.326 e. The summed E-state index contributed by atoms with van der Waals surface area (Å²) in [6.07, 6.45) is 3.06. The van der Waals surface area contributed by atoms with Crippen molar-refractivity contribution >= 4 is 23.7 Å². The lowest BCUT2D eigenvalue weighted by Gasteiger charge is -2.27. The third-order valence-corrected chi connectivity index (χ3v) is 5.63. The summed E-state index contributed by atoms with van der Waals surface area (Å²) in [5, 5.41) is 17.5. The SMILES string of the molecule is CC(C)(N)C(=O)N[C@@H](CCCCN)C(=O)N[C@@H](Cc1ccccc1)C(=O)N[C@@H](CCCCN)C(=O)O. The zero-order valence-corrected chi connectivity index (χ0v) is 21.3. The summed E-state index contributed by atoms with van der Waals surface area (Å²) in [6, 6.07) is 5.94. The molecule has 0 unspecified atom stereocenters. The maximum atomic E-state index is 13.2. The van der Waals surface area contributed by atoms with Gasteiger partial charge in [0.25, 0.3) is 0 Å². The lowest BCUT2D eigenvalue weighted by molar-refractivity contribution is -0.142. The van der Waals surface area contributed by atoms with Gasteiger partial charge >= 0.3 is 5.97 Å². The minimum atomic E-state index is -1.20. The number of aliphatic carboxylic acids is 1. The molecule has 0 heterocycles. The Balaban J connectivity index is 3.09. The van der Waals surface area contributed by atoms with Crippen LogP contribution in [0.2, 0.25) is 0 Å². The number of rotatable bonds is 17. The van der Waals surface area contributed by atoms with E-state index in [0.29, 0.717) is 45.2 Å². The van der Waals surface area contributed by atoms with E-state index in [1.165, 1.54) is 13.8 Å². The number of carboxylic acids is 1. The standard InChI is InChI=1S/C25H42N6O5/c1-25(2,28)24(36)31-18(12-6-8-14-26)21(32)30-20(16-17-10-4-3-5-11-17)22(33)29-19(23(34)35)13-7-9-15-27/h3-5,10-11,18-20H,6-9,12-16,26-28H2,1-2H3,(H,29,33)(H,30,32)(H,31,36)(H,34,35)/t18-,19-,20-/m0/s1. The van der Waals surface area contributed by atoms with Crippen molar-refractivity contribution in [3.8, 4) is 0 Å². The van der Waals surface area contributed by atoms with Gasteiger partial charge in [-0.3, -0.25) is 14.4 Å². The first kappa shape index (κ1) is 31.0. The van der Waals surface area contributed by atoms with Gasteiger partial charge in [0.1, 0.15) is 18.1 Å². The van der Waals surface area contributed by atoms with Crippen LogP contribution in [0.4, 0.5) is 0 Å². The van der Waals surface area contributed by atoms with E-state index in [1.807, 2.05) is 6.07 Å². The largest absolute Gasteiger partial charge is 0.480 e. The summed E-state index contributed by atoms with van der Waals surface area (Å²) >= 11 is 0. The average Bonchev–Trinajstić information content (AvgIpc) is 2.82. The smallest absolute Gasteiger partial charge is 0.326 e. The van der Waals surface area contributed by atoms with Crippen LogP contribution >= 0.6 is 0 Å². The molecule has 10 N–H and O–H groups in total. The normalized spacial score (nSPS) is 13.8. The highest BCUT2D eigenvalue weighted by Gasteiger charge is 2.31. The molecular formula is C25H42N6O5. The predicted octanol–water partition coefficient (Wildman–Crippen LogP) is -0.237. The van der Waals surface area contributed by atoms with Crippen LogP contribution in [0.25, 0.3) is 0 Å². The van der Waals surface area contributed by atoms with Crippen molar-refractivity contribution in [1.29, 1.82) is 0 Å². The number of nitrogens with one attached hydrogen (secondary N) is 3. The van der Waals surface area contributed by atoms with E-state index in [2.05, 4.69) is 16.0 Å². The highest BCUT2D eigenvalue weighted by atomic mass is 16.4. The molecule has 0 bridgehead atoms. The molecule has 11 heteroatoms. The number of amides is 3. The fourth-order valence-electron chi connectivity index (χ4n) is 3.46. The molecule has 0 aliphatic carbocycles. The zero-order valence-electron chi connectivity index (χ0n) is 21.3. The fourth-order valence-corrected chi connectivity index (χ4v) is 3.46. The molecule has 1 aromatic rings. The zero-order chi connectivity index (χ0) is 27.1. The highest BCUT2D eigenvalue weighted by molar-refractivity contribution is 5.94. The summed E-state index contributed by atoms with van der Waals surface area (Å²) in [6.45, 7) is 3.91. The van der Waals surface area contributed by atoms with Gasteiger partial charge in [0.05, 0.1) is 5.54 Å².